The van der Waals surface area contributed by atoms with Crippen molar-refractivity contribution >= 4 is 17.5 Å². The molecule has 0 spiro atoms. The highest BCUT2D eigenvalue weighted by Gasteiger charge is 2.15. The average Bonchev–Trinajstić information content (AvgIpc) is 2.29. The van der Waals surface area contributed by atoms with Crippen LogP contribution < -0.4 is 5.32 Å². The number of rotatable bonds is 4. The molecule has 1 rings (SSSR count). The van der Waals surface area contributed by atoms with Crippen LogP contribution in [0.4, 0.5) is 0 Å². The van der Waals surface area contributed by atoms with Crippen LogP contribution in [0.2, 0.25) is 0 Å². The van der Waals surface area contributed by atoms with Gasteiger partial charge in [-0.3, -0.25) is 9.78 Å². The summed E-state index contributed by atoms with van der Waals surface area (Å²) in [5.41, 5.74) is 0.854. The molecule has 0 aromatic carbocycles. The van der Waals surface area contributed by atoms with Gasteiger partial charge in [-0.1, -0.05) is 13.0 Å². The normalized spacial score (nSPS) is 14.3. The van der Waals surface area contributed by atoms with E-state index in [1.165, 1.54) is 0 Å². The van der Waals surface area contributed by atoms with E-state index in [1.807, 2.05) is 25.1 Å². The largest absolute Gasteiger partial charge is 0.348 e. The summed E-state index contributed by atoms with van der Waals surface area (Å²) in [5, 5.41) is 2.86. The third kappa shape index (κ3) is 3.51. The Hall–Kier alpha value is -1.09. The standard InChI is InChI=1S/C11H15ClN2O/c1-8(7-12)11(15)14-9(2)10-5-3-4-6-13-10/h3-6,8-9H,7H2,1-2H3,(H,14,15)/t8?,9-/m1/s1. The smallest absolute Gasteiger partial charge is 0.224 e. The van der Waals surface area contributed by atoms with Gasteiger partial charge in [0.05, 0.1) is 11.7 Å². The summed E-state index contributed by atoms with van der Waals surface area (Å²) in [6, 6.07) is 5.55. The lowest BCUT2D eigenvalue weighted by Gasteiger charge is -2.15. The molecule has 0 aliphatic heterocycles. The first-order valence-electron chi connectivity index (χ1n) is 4.92. The summed E-state index contributed by atoms with van der Waals surface area (Å²) in [7, 11) is 0. The molecule has 1 aromatic rings. The van der Waals surface area contributed by atoms with Crippen LogP contribution in [0.25, 0.3) is 0 Å². The van der Waals surface area contributed by atoms with E-state index < -0.39 is 0 Å². The molecular formula is C11H15ClN2O. The van der Waals surface area contributed by atoms with Crippen molar-refractivity contribution in [2.45, 2.75) is 19.9 Å². The molecule has 0 saturated heterocycles. The number of pyridine rings is 1. The van der Waals surface area contributed by atoms with Gasteiger partial charge < -0.3 is 5.32 Å². The summed E-state index contributed by atoms with van der Waals surface area (Å²) >= 11 is 5.60. The summed E-state index contributed by atoms with van der Waals surface area (Å²) in [4.78, 5) is 15.7. The minimum absolute atomic E-state index is 0.0387. The van der Waals surface area contributed by atoms with Crippen LogP contribution in [0.5, 0.6) is 0 Å². The molecule has 0 saturated carbocycles. The molecule has 3 nitrogen and oxygen atoms in total. The fourth-order valence-electron chi connectivity index (χ4n) is 1.13. The monoisotopic (exact) mass is 226 g/mol. The number of hydrogen-bond acceptors (Lipinski definition) is 2. The SMILES string of the molecule is CC(CCl)C(=O)N[C@H](C)c1ccccn1. The van der Waals surface area contributed by atoms with Crippen molar-refractivity contribution in [2.75, 3.05) is 5.88 Å². The third-order valence-electron chi connectivity index (χ3n) is 2.17. The number of carbonyl (C=O) groups is 1. The van der Waals surface area contributed by atoms with Gasteiger partial charge in [0.15, 0.2) is 0 Å². The topological polar surface area (TPSA) is 42.0 Å². The lowest BCUT2D eigenvalue weighted by molar-refractivity contribution is -0.124. The Bertz CT molecular complexity index is 316. The Balaban J connectivity index is 2.56. The van der Waals surface area contributed by atoms with Crippen LogP contribution in [-0.4, -0.2) is 16.8 Å². The maximum absolute atomic E-state index is 11.5. The van der Waals surface area contributed by atoms with E-state index in [1.54, 1.807) is 13.1 Å². The number of aromatic nitrogens is 1. The van der Waals surface area contributed by atoms with Crippen LogP contribution in [0.3, 0.4) is 0 Å². The van der Waals surface area contributed by atoms with E-state index in [4.69, 9.17) is 11.6 Å². The summed E-state index contributed by atoms with van der Waals surface area (Å²) in [5.74, 6) is 0.127. The van der Waals surface area contributed by atoms with Gasteiger partial charge in [0, 0.05) is 18.0 Å². The lowest BCUT2D eigenvalue weighted by atomic mass is 10.1. The molecular weight excluding hydrogens is 212 g/mol. The van der Waals surface area contributed by atoms with Crippen molar-refractivity contribution < 1.29 is 4.79 Å². The quantitative estimate of drug-likeness (QED) is 0.800. The van der Waals surface area contributed by atoms with Gasteiger partial charge in [-0.2, -0.15) is 0 Å². The molecule has 2 atom stereocenters. The van der Waals surface area contributed by atoms with Gasteiger partial charge in [0.1, 0.15) is 0 Å². The van der Waals surface area contributed by atoms with Crippen LogP contribution in [0, 0.1) is 5.92 Å². The predicted molar refractivity (Wildman–Crippen MR) is 60.7 cm³/mol. The highest BCUT2D eigenvalue weighted by atomic mass is 35.5. The van der Waals surface area contributed by atoms with Crippen molar-refractivity contribution in [3.05, 3.63) is 30.1 Å². The number of nitrogens with zero attached hydrogens (tertiary/aromatic N) is 1. The fourth-order valence-corrected chi connectivity index (χ4v) is 1.27. The molecule has 1 N–H and O–H groups in total. The van der Waals surface area contributed by atoms with Gasteiger partial charge >= 0.3 is 0 Å². The summed E-state index contributed by atoms with van der Waals surface area (Å²) in [6.07, 6.45) is 1.71. The molecule has 0 aliphatic rings. The average molecular weight is 227 g/mol. The second-order valence-corrected chi connectivity index (χ2v) is 3.85. The summed E-state index contributed by atoms with van der Waals surface area (Å²) < 4.78 is 0. The Morgan fingerprint density at radius 3 is 2.80 bits per heavy atom. The number of nitrogens with one attached hydrogen (secondary N) is 1. The van der Waals surface area contributed by atoms with Crippen LogP contribution in [-0.2, 0) is 4.79 Å². The number of alkyl halides is 1. The molecule has 82 valence electrons. The Morgan fingerprint density at radius 1 is 1.53 bits per heavy atom. The van der Waals surface area contributed by atoms with E-state index in [-0.39, 0.29) is 17.9 Å². The first-order valence-corrected chi connectivity index (χ1v) is 5.46. The first-order chi connectivity index (χ1) is 7.15. The predicted octanol–water partition coefficient (Wildman–Crippen LogP) is 2.13. The van der Waals surface area contributed by atoms with Crippen LogP contribution in [0.15, 0.2) is 24.4 Å². The molecule has 0 fully saturated rings. The van der Waals surface area contributed by atoms with Crippen molar-refractivity contribution in [1.29, 1.82) is 0 Å². The fraction of sp³-hybridized carbons (Fsp3) is 0.455. The van der Waals surface area contributed by atoms with E-state index in [9.17, 15) is 4.79 Å². The number of hydrogen-bond donors (Lipinski definition) is 1. The van der Waals surface area contributed by atoms with E-state index in [0.29, 0.717) is 5.88 Å². The zero-order valence-electron chi connectivity index (χ0n) is 8.90. The highest BCUT2D eigenvalue weighted by Crippen LogP contribution is 2.09. The highest BCUT2D eigenvalue weighted by molar-refractivity contribution is 6.19. The second kappa shape index (κ2) is 5.71. The van der Waals surface area contributed by atoms with Crippen LogP contribution in [0.1, 0.15) is 25.6 Å². The molecule has 1 amide bonds. The molecule has 1 unspecified atom stereocenters. The Morgan fingerprint density at radius 2 is 2.27 bits per heavy atom. The maximum atomic E-state index is 11.5. The molecule has 1 aromatic heterocycles. The summed E-state index contributed by atoms with van der Waals surface area (Å²) in [6.45, 7) is 3.70. The minimum atomic E-state index is -0.169. The van der Waals surface area contributed by atoms with E-state index >= 15 is 0 Å². The van der Waals surface area contributed by atoms with Crippen molar-refractivity contribution in [1.82, 2.24) is 10.3 Å². The zero-order chi connectivity index (χ0) is 11.3. The van der Waals surface area contributed by atoms with Crippen molar-refractivity contribution in [3.8, 4) is 0 Å². The van der Waals surface area contributed by atoms with Crippen molar-refractivity contribution in [3.63, 3.8) is 0 Å². The van der Waals surface area contributed by atoms with Gasteiger partial charge in [-0.25, -0.2) is 0 Å². The molecule has 0 radical (unpaired) electrons. The van der Waals surface area contributed by atoms with Gasteiger partial charge in [0.25, 0.3) is 0 Å². The number of carbonyl (C=O) groups excluding carboxylic acids is 1. The minimum Gasteiger partial charge on any atom is -0.348 e. The van der Waals surface area contributed by atoms with Gasteiger partial charge in [-0.05, 0) is 19.1 Å². The Labute approximate surface area is 94.9 Å². The molecule has 0 aliphatic carbocycles. The Kier molecular flexibility index (Phi) is 4.56. The van der Waals surface area contributed by atoms with E-state index in [0.717, 1.165) is 5.69 Å². The van der Waals surface area contributed by atoms with Gasteiger partial charge in [-0.15, -0.1) is 11.6 Å². The number of halogens is 1. The lowest BCUT2D eigenvalue weighted by Crippen LogP contribution is -2.32. The first kappa shape index (κ1) is 12.0. The zero-order valence-corrected chi connectivity index (χ0v) is 9.66. The van der Waals surface area contributed by atoms with E-state index in [2.05, 4.69) is 10.3 Å². The molecule has 15 heavy (non-hydrogen) atoms. The molecule has 4 heteroatoms. The van der Waals surface area contributed by atoms with Gasteiger partial charge in [0.2, 0.25) is 5.91 Å². The van der Waals surface area contributed by atoms with Crippen LogP contribution >= 0.6 is 11.6 Å². The number of amides is 1. The van der Waals surface area contributed by atoms with Crippen molar-refractivity contribution in [2.24, 2.45) is 5.92 Å². The maximum Gasteiger partial charge on any atom is 0.224 e. The molecule has 1 heterocycles. The second-order valence-electron chi connectivity index (χ2n) is 3.54. The third-order valence-corrected chi connectivity index (χ3v) is 2.63. The molecule has 0 bridgehead atoms.